The molecule has 222 valence electrons. The van der Waals surface area contributed by atoms with Crippen molar-refractivity contribution in [2.75, 3.05) is 57.9 Å². The largest absolute Gasteiger partial charge is 0.318 e. The molecule has 42 heavy (non-hydrogen) atoms. The normalized spacial score (nSPS) is 19.7. The number of nitriles is 1. The number of hydrazine groups is 1. The van der Waals surface area contributed by atoms with Crippen LogP contribution in [0.25, 0.3) is 11.2 Å². The number of carbonyl (C=O) groups excluding carboxylic acids is 1. The number of piperazine rings is 1. The first-order chi connectivity index (χ1) is 20.5. The number of nitrogens with zero attached hydrogens (tertiary/aromatic N) is 9. The lowest BCUT2D eigenvalue weighted by Gasteiger charge is -2.42. The van der Waals surface area contributed by atoms with Crippen molar-refractivity contribution < 1.29 is 4.79 Å². The summed E-state index contributed by atoms with van der Waals surface area (Å²) in [5.41, 5.74) is 6.04. The van der Waals surface area contributed by atoms with Crippen LogP contribution in [-0.4, -0.2) is 99.0 Å². The molecule has 2 aromatic heterocycles. The number of rotatable bonds is 8. The van der Waals surface area contributed by atoms with Gasteiger partial charge < -0.3 is 9.47 Å². The van der Waals surface area contributed by atoms with Crippen molar-refractivity contribution in [3.8, 4) is 6.07 Å². The summed E-state index contributed by atoms with van der Waals surface area (Å²) < 4.78 is 1.77. The molecule has 4 heterocycles. The first-order valence-electron chi connectivity index (χ1n) is 15.4. The van der Waals surface area contributed by atoms with Crippen molar-refractivity contribution >= 4 is 22.9 Å². The highest BCUT2D eigenvalue weighted by Crippen LogP contribution is 2.29. The Morgan fingerprint density at radius 1 is 1.00 bits per heavy atom. The van der Waals surface area contributed by atoms with Crippen molar-refractivity contribution in [1.82, 2.24) is 39.6 Å². The maximum Gasteiger partial charge on any atom is 0.269 e. The standard InChI is InChI=1S/C31H42N10O/c1-37-13-11-26(12-14-37)40-17-15-39(16-18-40)20-24-7-9-25(10-8-24)31(42)36-41(21-23-5-3-4-6-23)30-28-29(38(2)22-33-28)34-27(19-32)35-30/h7-10,22-23,26H,3-6,11-18,20-21H2,1-2H3,(H,36,42). The Bertz CT molecular complexity index is 1410. The number of benzene rings is 1. The van der Waals surface area contributed by atoms with Crippen molar-refractivity contribution in [2.45, 2.75) is 51.1 Å². The van der Waals surface area contributed by atoms with Gasteiger partial charge in [-0.15, -0.1) is 0 Å². The first-order valence-corrected chi connectivity index (χ1v) is 15.4. The SMILES string of the molecule is CN1CCC(N2CCN(Cc3ccc(C(=O)NN(CC4CCCC4)c4nc(C#N)nc5c4ncn5C)cc3)CC2)CC1. The minimum Gasteiger partial charge on any atom is -0.318 e. The number of hydrogen-bond acceptors (Lipinski definition) is 9. The van der Waals surface area contributed by atoms with Gasteiger partial charge in [0.15, 0.2) is 17.0 Å². The van der Waals surface area contributed by atoms with Gasteiger partial charge in [-0.25, -0.2) is 4.98 Å². The second-order valence-corrected chi connectivity index (χ2v) is 12.3. The zero-order valence-corrected chi connectivity index (χ0v) is 24.9. The third-order valence-electron chi connectivity index (χ3n) is 9.28. The van der Waals surface area contributed by atoms with Gasteiger partial charge >= 0.3 is 0 Å². The summed E-state index contributed by atoms with van der Waals surface area (Å²) in [6.45, 7) is 8.34. The van der Waals surface area contributed by atoms with Crippen LogP contribution in [0.2, 0.25) is 0 Å². The van der Waals surface area contributed by atoms with Gasteiger partial charge in [0.2, 0.25) is 5.82 Å². The maximum absolute atomic E-state index is 13.5. The number of likely N-dealkylation sites (tertiary alicyclic amines) is 1. The van der Waals surface area contributed by atoms with Gasteiger partial charge in [-0.05, 0) is 69.4 Å². The summed E-state index contributed by atoms with van der Waals surface area (Å²) in [4.78, 5) is 34.5. The second-order valence-electron chi connectivity index (χ2n) is 12.3. The Kier molecular flexibility index (Phi) is 8.65. The van der Waals surface area contributed by atoms with Crippen LogP contribution in [-0.2, 0) is 13.6 Å². The van der Waals surface area contributed by atoms with Crippen molar-refractivity contribution in [3.63, 3.8) is 0 Å². The monoisotopic (exact) mass is 570 g/mol. The van der Waals surface area contributed by atoms with Gasteiger partial charge in [-0.1, -0.05) is 25.0 Å². The van der Waals surface area contributed by atoms with Gasteiger partial charge in [0.1, 0.15) is 6.07 Å². The maximum atomic E-state index is 13.5. The average Bonchev–Trinajstić information content (AvgIpc) is 3.67. The molecule has 0 radical (unpaired) electrons. The predicted octanol–water partition coefficient (Wildman–Crippen LogP) is 2.79. The lowest BCUT2D eigenvalue weighted by atomic mass is 10.0. The molecule has 3 aliphatic rings. The fraction of sp³-hybridized carbons (Fsp3) is 0.581. The molecule has 6 rings (SSSR count). The zero-order valence-electron chi connectivity index (χ0n) is 24.9. The number of imidazole rings is 1. The summed E-state index contributed by atoms with van der Waals surface area (Å²) in [6.07, 6.45) is 8.81. The van der Waals surface area contributed by atoms with E-state index in [1.54, 1.807) is 15.9 Å². The Labute approximate surface area is 248 Å². The fourth-order valence-electron chi connectivity index (χ4n) is 6.72. The number of amides is 1. The van der Waals surface area contributed by atoms with Crippen LogP contribution in [0.15, 0.2) is 30.6 Å². The van der Waals surface area contributed by atoms with Crippen LogP contribution in [0.5, 0.6) is 0 Å². The number of anilines is 1. The highest BCUT2D eigenvalue weighted by molar-refractivity contribution is 5.96. The molecular formula is C31H42N10O. The van der Waals surface area contributed by atoms with E-state index in [1.165, 1.54) is 44.3 Å². The molecule has 1 saturated carbocycles. The molecule has 2 aliphatic heterocycles. The number of aryl methyl sites for hydroxylation is 1. The van der Waals surface area contributed by atoms with E-state index in [0.717, 1.165) is 51.6 Å². The summed E-state index contributed by atoms with van der Waals surface area (Å²) >= 11 is 0. The number of aromatic nitrogens is 4. The summed E-state index contributed by atoms with van der Waals surface area (Å²) in [6, 6.07) is 10.7. The molecule has 1 aliphatic carbocycles. The van der Waals surface area contributed by atoms with Gasteiger partial charge in [0.25, 0.3) is 5.91 Å². The molecule has 11 heteroatoms. The molecule has 0 spiro atoms. The fourth-order valence-corrected chi connectivity index (χ4v) is 6.72. The summed E-state index contributed by atoms with van der Waals surface area (Å²) in [7, 11) is 4.06. The summed E-state index contributed by atoms with van der Waals surface area (Å²) in [5.74, 6) is 0.760. The van der Waals surface area contributed by atoms with Gasteiger partial charge in [-0.2, -0.15) is 15.2 Å². The minimum atomic E-state index is -0.201. The van der Waals surface area contributed by atoms with Gasteiger partial charge in [0.05, 0.1) is 6.33 Å². The van der Waals surface area contributed by atoms with E-state index in [4.69, 9.17) is 0 Å². The topological polar surface area (TPSA) is 109 Å². The average molecular weight is 571 g/mol. The Morgan fingerprint density at radius 2 is 1.71 bits per heavy atom. The third-order valence-corrected chi connectivity index (χ3v) is 9.28. The number of hydrogen-bond donors (Lipinski definition) is 1. The van der Waals surface area contributed by atoms with E-state index in [1.807, 2.05) is 19.2 Å². The van der Waals surface area contributed by atoms with E-state index in [2.05, 4.69) is 60.3 Å². The van der Waals surface area contributed by atoms with Crippen LogP contribution in [0.3, 0.4) is 0 Å². The number of piperidine rings is 1. The molecule has 11 nitrogen and oxygen atoms in total. The quantitative estimate of drug-likeness (QED) is 0.409. The molecule has 2 saturated heterocycles. The van der Waals surface area contributed by atoms with E-state index in [9.17, 15) is 10.1 Å². The molecule has 3 aromatic rings. The van der Waals surface area contributed by atoms with E-state index in [0.29, 0.717) is 35.0 Å². The second kappa shape index (κ2) is 12.7. The van der Waals surface area contributed by atoms with E-state index < -0.39 is 0 Å². The zero-order chi connectivity index (χ0) is 29.1. The number of carbonyl (C=O) groups is 1. The smallest absolute Gasteiger partial charge is 0.269 e. The van der Waals surface area contributed by atoms with Crippen molar-refractivity contribution in [3.05, 3.63) is 47.5 Å². The first kappa shape index (κ1) is 28.5. The van der Waals surface area contributed by atoms with Crippen LogP contribution >= 0.6 is 0 Å². The van der Waals surface area contributed by atoms with Gasteiger partial charge in [0, 0.05) is 57.9 Å². The van der Waals surface area contributed by atoms with Gasteiger partial charge in [-0.3, -0.25) is 25.0 Å². The van der Waals surface area contributed by atoms with Crippen molar-refractivity contribution in [1.29, 1.82) is 5.26 Å². The van der Waals surface area contributed by atoms with Crippen LogP contribution in [0.4, 0.5) is 5.82 Å². The Balaban J connectivity index is 1.11. The molecule has 0 unspecified atom stereocenters. The van der Waals surface area contributed by atoms with Crippen LogP contribution < -0.4 is 10.4 Å². The molecule has 1 N–H and O–H groups in total. The van der Waals surface area contributed by atoms with E-state index in [-0.39, 0.29) is 11.7 Å². The predicted molar refractivity (Wildman–Crippen MR) is 162 cm³/mol. The highest BCUT2D eigenvalue weighted by atomic mass is 16.2. The lowest BCUT2D eigenvalue weighted by molar-refractivity contribution is 0.0618. The Morgan fingerprint density at radius 3 is 2.40 bits per heavy atom. The molecule has 1 amide bonds. The summed E-state index contributed by atoms with van der Waals surface area (Å²) in [5, 5.41) is 11.4. The third kappa shape index (κ3) is 6.41. The van der Waals surface area contributed by atoms with Crippen LogP contribution in [0.1, 0.15) is 60.3 Å². The molecule has 1 aromatic carbocycles. The molecule has 0 atom stereocenters. The number of nitrogens with one attached hydrogen (secondary N) is 1. The van der Waals surface area contributed by atoms with E-state index >= 15 is 0 Å². The van der Waals surface area contributed by atoms with Crippen LogP contribution in [0, 0.1) is 17.2 Å². The highest BCUT2D eigenvalue weighted by Gasteiger charge is 2.27. The molecule has 0 bridgehead atoms. The van der Waals surface area contributed by atoms with Crippen molar-refractivity contribution in [2.24, 2.45) is 13.0 Å². The lowest BCUT2D eigenvalue weighted by Crippen LogP contribution is -2.52. The molecule has 3 fully saturated rings. The number of fused-ring (bicyclic) bond motifs is 1. The minimum absolute atomic E-state index is 0.0586. The molecular weight excluding hydrogens is 528 g/mol. The Hall–Kier alpha value is -3.59.